The van der Waals surface area contributed by atoms with Crippen LogP contribution in [0.2, 0.25) is 0 Å². The van der Waals surface area contributed by atoms with Gasteiger partial charge in [0.05, 0.1) is 12.6 Å². The standard InChI is InChI=1S/C15H24N2O2/c1-5-17(6-2)15(18)16-12(4)13-9-8-10-14(11-13)19-7-3/h8-12H,5-7H2,1-4H3,(H,16,18). The van der Waals surface area contributed by atoms with Crippen molar-refractivity contribution in [2.75, 3.05) is 19.7 Å². The number of nitrogens with zero attached hydrogens (tertiary/aromatic N) is 1. The van der Waals surface area contributed by atoms with Crippen molar-refractivity contribution in [1.29, 1.82) is 0 Å². The molecule has 0 saturated heterocycles. The Kier molecular flexibility index (Phi) is 6.19. The second-order valence-electron chi connectivity index (χ2n) is 4.35. The Morgan fingerprint density at radius 2 is 2.00 bits per heavy atom. The normalized spacial score (nSPS) is 11.8. The van der Waals surface area contributed by atoms with Crippen molar-refractivity contribution in [2.45, 2.75) is 33.7 Å². The van der Waals surface area contributed by atoms with Gasteiger partial charge in [-0.1, -0.05) is 12.1 Å². The first kappa shape index (κ1) is 15.3. The van der Waals surface area contributed by atoms with E-state index in [1.54, 1.807) is 4.90 Å². The zero-order valence-electron chi connectivity index (χ0n) is 12.3. The molecule has 0 aliphatic heterocycles. The Morgan fingerprint density at radius 1 is 1.32 bits per heavy atom. The fourth-order valence-corrected chi connectivity index (χ4v) is 1.91. The summed E-state index contributed by atoms with van der Waals surface area (Å²) >= 11 is 0. The summed E-state index contributed by atoms with van der Waals surface area (Å²) in [6.07, 6.45) is 0. The molecule has 106 valence electrons. The van der Waals surface area contributed by atoms with Crippen LogP contribution in [0.25, 0.3) is 0 Å². The lowest BCUT2D eigenvalue weighted by Gasteiger charge is -2.23. The Morgan fingerprint density at radius 3 is 2.58 bits per heavy atom. The van der Waals surface area contributed by atoms with Crippen LogP contribution in [0.5, 0.6) is 5.75 Å². The van der Waals surface area contributed by atoms with Gasteiger partial charge >= 0.3 is 6.03 Å². The average Bonchev–Trinajstić information content (AvgIpc) is 2.40. The highest BCUT2D eigenvalue weighted by molar-refractivity contribution is 5.74. The highest BCUT2D eigenvalue weighted by Crippen LogP contribution is 2.19. The third-order valence-electron chi connectivity index (χ3n) is 3.06. The van der Waals surface area contributed by atoms with Gasteiger partial charge in [0.15, 0.2) is 0 Å². The minimum absolute atomic E-state index is 0.0284. The van der Waals surface area contributed by atoms with Crippen molar-refractivity contribution in [3.8, 4) is 5.75 Å². The topological polar surface area (TPSA) is 41.6 Å². The molecule has 4 nitrogen and oxygen atoms in total. The van der Waals surface area contributed by atoms with Gasteiger partial charge in [0.25, 0.3) is 0 Å². The van der Waals surface area contributed by atoms with Gasteiger partial charge in [0.1, 0.15) is 5.75 Å². The predicted molar refractivity (Wildman–Crippen MR) is 77.5 cm³/mol. The van der Waals surface area contributed by atoms with E-state index in [2.05, 4.69) is 5.32 Å². The highest BCUT2D eigenvalue weighted by atomic mass is 16.5. The number of nitrogens with one attached hydrogen (secondary N) is 1. The Balaban J connectivity index is 2.69. The van der Waals surface area contributed by atoms with E-state index in [1.165, 1.54) is 0 Å². The lowest BCUT2D eigenvalue weighted by atomic mass is 10.1. The van der Waals surface area contributed by atoms with Gasteiger partial charge in [-0.2, -0.15) is 0 Å². The van der Waals surface area contributed by atoms with Crippen molar-refractivity contribution < 1.29 is 9.53 Å². The number of urea groups is 1. The lowest BCUT2D eigenvalue weighted by Crippen LogP contribution is -2.40. The maximum absolute atomic E-state index is 12.0. The Hall–Kier alpha value is -1.71. The molecular weight excluding hydrogens is 240 g/mol. The number of rotatable bonds is 6. The van der Waals surface area contributed by atoms with E-state index in [-0.39, 0.29) is 12.1 Å². The molecule has 1 rings (SSSR count). The molecule has 4 heteroatoms. The number of ether oxygens (including phenoxy) is 1. The lowest BCUT2D eigenvalue weighted by molar-refractivity contribution is 0.200. The summed E-state index contributed by atoms with van der Waals surface area (Å²) in [5.74, 6) is 0.837. The third-order valence-corrected chi connectivity index (χ3v) is 3.06. The molecule has 0 spiro atoms. The summed E-state index contributed by atoms with van der Waals surface area (Å²) in [7, 11) is 0. The van der Waals surface area contributed by atoms with E-state index in [4.69, 9.17) is 4.74 Å². The van der Waals surface area contributed by atoms with Crippen LogP contribution in [0, 0.1) is 0 Å². The molecule has 0 aromatic heterocycles. The first-order valence-corrected chi connectivity index (χ1v) is 6.90. The van der Waals surface area contributed by atoms with E-state index < -0.39 is 0 Å². The summed E-state index contributed by atoms with van der Waals surface area (Å²) in [6, 6.07) is 7.77. The monoisotopic (exact) mass is 264 g/mol. The smallest absolute Gasteiger partial charge is 0.317 e. The second kappa shape index (κ2) is 7.67. The van der Waals surface area contributed by atoms with Gasteiger partial charge in [-0.3, -0.25) is 0 Å². The fourth-order valence-electron chi connectivity index (χ4n) is 1.91. The fraction of sp³-hybridized carbons (Fsp3) is 0.533. The molecule has 0 aliphatic rings. The van der Waals surface area contributed by atoms with Crippen molar-refractivity contribution >= 4 is 6.03 Å². The van der Waals surface area contributed by atoms with Gasteiger partial charge in [0, 0.05) is 13.1 Å². The maximum Gasteiger partial charge on any atom is 0.317 e. The largest absolute Gasteiger partial charge is 0.494 e. The molecule has 1 aromatic rings. The molecule has 1 atom stereocenters. The first-order valence-electron chi connectivity index (χ1n) is 6.90. The van der Waals surface area contributed by atoms with Gasteiger partial charge in [0.2, 0.25) is 0 Å². The summed E-state index contributed by atoms with van der Waals surface area (Å²) in [6.45, 7) is 9.96. The SMILES string of the molecule is CCOc1cccc(C(C)NC(=O)N(CC)CC)c1. The number of carbonyl (C=O) groups is 1. The van der Waals surface area contributed by atoms with Crippen LogP contribution in [0.3, 0.4) is 0 Å². The van der Waals surface area contributed by atoms with Gasteiger partial charge in [-0.05, 0) is 45.4 Å². The van der Waals surface area contributed by atoms with Crippen molar-refractivity contribution in [1.82, 2.24) is 10.2 Å². The molecule has 0 heterocycles. The Labute approximate surface area is 115 Å². The third kappa shape index (κ3) is 4.47. The molecular formula is C15H24N2O2. The molecule has 1 aromatic carbocycles. The number of hydrogen-bond acceptors (Lipinski definition) is 2. The van der Waals surface area contributed by atoms with E-state index in [1.807, 2.05) is 52.0 Å². The maximum atomic E-state index is 12.0. The minimum atomic E-state index is -0.0338. The molecule has 0 aliphatic carbocycles. The quantitative estimate of drug-likeness (QED) is 0.857. The van der Waals surface area contributed by atoms with Crippen LogP contribution in [0.15, 0.2) is 24.3 Å². The van der Waals surface area contributed by atoms with Crippen LogP contribution in [0.1, 0.15) is 39.3 Å². The van der Waals surface area contributed by atoms with Crippen LogP contribution in [0.4, 0.5) is 4.79 Å². The highest BCUT2D eigenvalue weighted by Gasteiger charge is 2.14. The van der Waals surface area contributed by atoms with E-state index in [0.717, 1.165) is 11.3 Å². The molecule has 1 N–H and O–H groups in total. The number of hydrogen-bond donors (Lipinski definition) is 1. The Bertz CT molecular complexity index is 403. The molecule has 0 fully saturated rings. The number of benzene rings is 1. The average molecular weight is 264 g/mol. The van der Waals surface area contributed by atoms with Crippen molar-refractivity contribution in [2.24, 2.45) is 0 Å². The summed E-state index contributed by atoms with van der Waals surface area (Å²) in [5.41, 5.74) is 1.05. The van der Waals surface area contributed by atoms with Crippen molar-refractivity contribution in [3.63, 3.8) is 0 Å². The summed E-state index contributed by atoms with van der Waals surface area (Å²) < 4.78 is 5.47. The molecule has 0 radical (unpaired) electrons. The second-order valence-corrected chi connectivity index (χ2v) is 4.35. The molecule has 1 unspecified atom stereocenters. The van der Waals surface area contributed by atoms with Gasteiger partial charge in [-0.25, -0.2) is 4.79 Å². The van der Waals surface area contributed by atoms with Crippen LogP contribution in [-0.4, -0.2) is 30.6 Å². The molecule has 2 amide bonds. The number of amides is 2. The zero-order valence-corrected chi connectivity index (χ0v) is 12.3. The van der Waals surface area contributed by atoms with E-state index in [9.17, 15) is 4.79 Å². The zero-order chi connectivity index (χ0) is 14.3. The van der Waals surface area contributed by atoms with E-state index >= 15 is 0 Å². The number of carbonyl (C=O) groups excluding carboxylic acids is 1. The predicted octanol–water partition coefficient (Wildman–Crippen LogP) is 3.20. The van der Waals surface area contributed by atoms with Crippen molar-refractivity contribution in [3.05, 3.63) is 29.8 Å². The molecule has 19 heavy (non-hydrogen) atoms. The minimum Gasteiger partial charge on any atom is -0.494 e. The molecule has 0 bridgehead atoms. The van der Waals surface area contributed by atoms with E-state index in [0.29, 0.717) is 19.7 Å². The van der Waals surface area contributed by atoms with Crippen LogP contribution >= 0.6 is 0 Å². The summed E-state index contributed by atoms with van der Waals surface area (Å²) in [4.78, 5) is 13.8. The summed E-state index contributed by atoms with van der Waals surface area (Å²) in [5, 5.41) is 3.00. The molecule has 0 saturated carbocycles. The first-order chi connectivity index (χ1) is 9.12. The van der Waals surface area contributed by atoms with Crippen LogP contribution in [-0.2, 0) is 0 Å². The van der Waals surface area contributed by atoms with Gasteiger partial charge in [-0.15, -0.1) is 0 Å². The van der Waals surface area contributed by atoms with Crippen LogP contribution < -0.4 is 10.1 Å². The van der Waals surface area contributed by atoms with Gasteiger partial charge < -0.3 is 15.0 Å².